The Labute approximate surface area is 296 Å². The number of piperidine rings is 2. The lowest BCUT2D eigenvalue weighted by molar-refractivity contribution is -0.135. The fourth-order valence-electron chi connectivity index (χ4n) is 7.19. The minimum absolute atomic E-state index is 0.0260. The van der Waals surface area contributed by atoms with Crippen molar-refractivity contribution < 1.29 is 41.8 Å². The lowest BCUT2D eigenvalue weighted by atomic mass is 9.89. The topological polar surface area (TPSA) is 201 Å². The van der Waals surface area contributed by atoms with Gasteiger partial charge in [0.15, 0.2) is 5.82 Å². The number of imidazole rings is 1. The van der Waals surface area contributed by atoms with Crippen molar-refractivity contribution in [3.8, 4) is 11.5 Å². The monoisotopic (exact) mass is 737 g/mol. The molecule has 3 aromatic carbocycles. The minimum Gasteiger partial charge on any atom is -0.506 e. The summed E-state index contributed by atoms with van der Waals surface area (Å²) in [4.78, 5) is 63.7. The molecule has 4 N–H and O–H groups in total. The Morgan fingerprint density at radius 1 is 1.02 bits per heavy atom. The number of imide groups is 1. The largest absolute Gasteiger partial charge is 0.506 e. The zero-order valence-electron chi connectivity index (χ0n) is 28.1. The maximum Gasteiger partial charge on any atom is 0.329 e. The van der Waals surface area contributed by atoms with Gasteiger partial charge in [0.1, 0.15) is 36.4 Å². The Hall–Kier alpha value is -5.49. The molecule has 1 atom stereocenters. The van der Waals surface area contributed by atoms with Gasteiger partial charge in [-0.2, -0.15) is 8.42 Å². The SMILES string of the molecule is Cn1c(=O)n(C2CCC(=O)NC2=O)c2ccc(C3CCN(CC(=O)NCCOc4ccc5cc(O)c(N6CC(=O)NS6(=O)=O)c(F)c5c4)CC3)cc21. The fraction of sp³-hybridized carbons (Fsp3) is 0.382. The molecule has 18 heteroatoms. The number of hydrogen-bond donors (Lipinski definition) is 4. The van der Waals surface area contributed by atoms with E-state index in [-0.39, 0.29) is 72.5 Å². The molecular weight excluding hydrogens is 701 g/mol. The van der Waals surface area contributed by atoms with E-state index in [1.165, 1.54) is 27.3 Å². The molecule has 0 spiro atoms. The third-order valence-corrected chi connectivity index (χ3v) is 11.2. The molecule has 4 amide bonds. The molecule has 4 aromatic rings. The molecule has 3 fully saturated rings. The van der Waals surface area contributed by atoms with Crippen LogP contribution in [-0.2, 0) is 36.4 Å². The summed E-state index contributed by atoms with van der Waals surface area (Å²) in [6.45, 7) is 1.14. The summed E-state index contributed by atoms with van der Waals surface area (Å²) in [7, 11) is -2.68. The summed E-state index contributed by atoms with van der Waals surface area (Å²) in [5, 5.41) is 15.8. The van der Waals surface area contributed by atoms with Gasteiger partial charge >= 0.3 is 15.9 Å². The average Bonchev–Trinajstić information content (AvgIpc) is 3.52. The lowest BCUT2D eigenvalue weighted by Crippen LogP contribution is -2.44. The quantitative estimate of drug-likeness (QED) is 0.141. The van der Waals surface area contributed by atoms with Crippen LogP contribution in [0.5, 0.6) is 11.5 Å². The van der Waals surface area contributed by atoms with Gasteiger partial charge in [0.25, 0.3) is 5.91 Å². The van der Waals surface area contributed by atoms with Crippen molar-refractivity contribution in [3.05, 3.63) is 64.3 Å². The molecule has 0 saturated carbocycles. The van der Waals surface area contributed by atoms with Crippen LogP contribution >= 0.6 is 0 Å². The van der Waals surface area contributed by atoms with Gasteiger partial charge in [-0.15, -0.1) is 0 Å². The molecule has 0 bridgehead atoms. The van der Waals surface area contributed by atoms with Crippen LogP contribution in [0, 0.1) is 5.82 Å². The third-order valence-electron chi connectivity index (χ3n) is 9.83. The first-order valence-corrected chi connectivity index (χ1v) is 18.2. The zero-order chi connectivity index (χ0) is 36.9. The van der Waals surface area contributed by atoms with Gasteiger partial charge < -0.3 is 15.2 Å². The number of carbonyl (C=O) groups excluding carboxylic acids is 4. The second-order valence-corrected chi connectivity index (χ2v) is 14.7. The number of aromatic nitrogens is 2. The van der Waals surface area contributed by atoms with Crippen molar-refractivity contribution in [1.29, 1.82) is 0 Å². The first kappa shape index (κ1) is 34.9. The molecule has 0 radical (unpaired) electrons. The Kier molecular flexibility index (Phi) is 9.12. The van der Waals surface area contributed by atoms with Crippen LogP contribution in [0.15, 0.2) is 47.3 Å². The number of amides is 4. The van der Waals surface area contributed by atoms with Crippen LogP contribution < -0.4 is 30.1 Å². The van der Waals surface area contributed by atoms with Gasteiger partial charge in [-0.25, -0.2) is 18.2 Å². The van der Waals surface area contributed by atoms with Crippen LogP contribution in [0.2, 0.25) is 0 Å². The van der Waals surface area contributed by atoms with Crippen LogP contribution in [0.1, 0.15) is 43.2 Å². The van der Waals surface area contributed by atoms with E-state index in [1.807, 2.05) is 18.2 Å². The molecule has 274 valence electrons. The Morgan fingerprint density at radius 3 is 2.50 bits per heavy atom. The molecule has 3 aliphatic heterocycles. The Morgan fingerprint density at radius 2 is 1.79 bits per heavy atom. The van der Waals surface area contributed by atoms with Crippen LogP contribution in [-0.4, -0.2) is 90.5 Å². The number of nitrogens with one attached hydrogen (secondary N) is 3. The van der Waals surface area contributed by atoms with Gasteiger partial charge in [-0.05, 0) is 79.6 Å². The first-order chi connectivity index (χ1) is 24.8. The van der Waals surface area contributed by atoms with Crippen molar-refractivity contribution in [2.45, 2.75) is 37.6 Å². The number of ether oxygens (including phenoxy) is 1. The van der Waals surface area contributed by atoms with E-state index in [1.54, 1.807) is 17.8 Å². The Bertz CT molecular complexity index is 2320. The smallest absolute Gasteiger partial charge is 0.329 e. The van der Waals surface area contributed by atoms with Crippen molar-refractivity contribution in [1.82, 2.24) is 29.4 Å². The number of anilines is 1. The van der Waals surface area contributed by atoms with Gasteiger partial charge in [-0.3, -0.25) is 38.5 Å². The summed E-state index contributed by atoms with van der Waals surface area (Å²) < 4.78 is 50.9. The summed E-state index contributed by atoms with van der Waals surface area (Å²) in [5.74, 6) is -3.06. The molecule has 1 aromatic heterocycles. The van der Waals surface area contributed by atoms with E-state index in [9.17, 15) is 37.5 Å². The molecular formula is C34H36FN7O9S. The number of likely N-dealkylation sites (tertiary alicyclic amines) is 1. The molecule has 4 heterocycles. The number of hydrogen-bond acceptors (Lipinski definition) is 10. The van der Waals surface area contributed by atoms with E-state index in [4.69, 9.17) is 4.74 Å². The summed E-state index contributed by atoms with van der Waals surface area (Å²) in [5.41, 5.74) is 1.46. The van der Waals surface area contributed by atoms with E-state index >= 15 is 4.39 Å². The number of phenolic OH excluding ortho intramolecular Hbond substituents is 1. The highest BCUT2D eigenvalue weighted by molar-refractivity contribution is 7.92. The molecule has 16 nitrogen and oxygen atoms in total. The first-order valence-electron chi connectivity index (χ1n) is 16.8. The zero-order valence-corrected chi connectivity index (χ0v) is 28.9. The molecule has 52 heavy (non-hydrogen) atoms. The van der Waals surface area contributed by atoms with E-state index < -0.39 is 51.9 Å². The molecule has 0 aliphatic carbocycles. The van der Waals surface area contributed by atoms with Crippen LogP contribution in [0.25, 0.3) is 21.8 Å². The highest BCUT2D eigenvalue weighted by Crippen LogP contribution is 2.39. The van der Waals surface area contributed by atoms with Crippen LogP contribution in [0.4, 0.5) is 10.1 Å². The lowest BCUT2D eigenvalue weighted by Gasteiger charge is -2.31. The predicted molar refractivity (Wildman–Crippen MR) is 185 cm³/mol. The maximum atomic E-state index is 15.5. The summed E-state index contributed by atoms with van der Waals surface area (Å²) >= 11 is 0. The van der Waals surface area contributed by atoms with Crippen molar-refractivity contribution in [2.75, 3.05) is 43.6 Å². The average molecular weight is 738 g/mol. The number of carbonyl (C=O) groups is 4. The second kappa shape index (κ2) is 13.6. The van der Waals surface area contributed by atoms with Gasteiger partial charge in [0, 0.05) is 18.9 Å². The normalized spacial score (nSPS) is 19.6. The number of nitrogens with zero attached hydrogens (tertiary/aromatic N) is 4. The molecule has 1 unspecified atom stereocenters. The fourth-order valence-corrected chi connectivity index (χ4v) is 8.35. The maximum absolute atomic E-state index is 15.5. The molecule has 7 rings (SSSR count). The molecule has 3 saturated heterocycles. The van der Waals surface area contributed by atoms with E-state index in [2.05, 4.69) is 15.5 Å². The highest BCUT2D eigenvalue weighted by Gasteiger charge is 2.38. The van der Waals surface area contributed by atoms with Gasteiger partial charge in [0.05, 0.1) is 24.1 Å². The summed E-state index contributed by atoms with van der Waals surface area (Å²) in [6, 6.07) is 10.7. The number of fused-ring (bicyclic) bond motifs is 2. The summed E-state index contributed by atoms with van der Waals surface area (Å²) in [6.07, 6.45) is 2.05. The number of benzene rings is 3. The molecule has 3 aliphatic rings. The van der Waals surface area contributed by atoms with Gasteiger partial charge in [0.2, 0.25) is 17.7 Å². The third kappa shape index (κ3) is 6.54. The number of aryl methyl sites for hydroxylation is 1. The van der Waals surface area contributed by atoms with Crippen molar-refractivity contribution in [3.63, 3.8) is 0 Å². The van der Waals surface area contributed by atoms with Crippen molar-refractivity contribution in [2.24, 2.45) is 7.05 Å². The minimum atomic E-state index is -4.35. The Balaban J connectivity index is 0.907. The van der Waals surface area contributed by atoms with Gasteiger partial charge in [-0.1, -0.05) is 12.1 Å². The van der Waals surface area contributed by atoms with E-state index in [0.29, 0.717) is 28.4 Å². The standard InChI is InChI=1S/C34H36FN7O9S/c1-39-26-14-20(3-5-24(26)42(34(39)48)25-6-7-28(44)37-33(25)47)19-8-11-40(12-9-19)17-29(45)36-10-13-51-22-4-2-21-15-27(43)32(31(35)23(21)16-22)41-18-30(46)38-52(41,49)50/h2-5,14-16,19,25,43H,6-13,17-18H2,1H3,(H,36,45)(H,38,46)(H,37,44,47). The second-order valence-electron chi connectivity index (χ2n) is 13.2. The number of aromatic hydroxyl groups is 1. The highest BCUT2D eigenvalue weighted by atomic mass is 32.2. The predicted octanol–water partition coefficient (Wildman–Crippen LogP) is 0.871. The van der Waals surface area contributed by atoms with Crippen molar-refractivity contribution >= 4 is 61.3 Å². The number of phenols is 1. The van der Waals surface area contributed by atoms with Crippen LogP contribution in [0.3, 0.4) is 0 Å². The number of rotatable bonds is 9. The van der Waals surface area contributed by atoms with E-state index in [0.717, 1.165) is 18.4 Å². The number of halogens is 1.